The Labute approximate surface area is 111 Å². The van der Waals surface area contributed by atoms with Gasteiger partial charge in [-0.1, -0.05) is 0 Å². The van der Waals surface area contributed by atoms with Crippen LogP contribution in [-0.4, -0.2) is 22.8 Å². The molecule has 0 saturated carbocycles. The largest absolute Gasteiger partial charge is 0.497 e. The van der Waals surface area contributed by atoms with Gasteiger partial charge in [-0.05, 0) is 37.3 Å². The minimum absolute atomic E-state index is 0.301. The van der Waals surface area contributed by atoms with Crippen LogP contribution in [0.3, 0.4) is 0 Å². The van der Waals surface area contributed by atoms with Crippen LogP contribution in [0.1, 0.15) is 17.4 Å². The van der Waals surface area contributed by atoms with E-state index in [2.05, 4.69) is 10.5 Å². The first-order valence-electron chi connectivity index (χ1n) is 5.92. The second-order valence-corrected chi connectivity index (χ2v) is 3.93. The lowest BCUT2D eigenvalue weighted by Gasteiger charge is -2.05. The van der Waals surface area contributed by atoms with E-state index in [4.69, 9.17) is 10.6 Å². The van der Waals surface area contributed by atoms with Crippen LogP contribution in [0, 0.1) is 0 Å². The Kier molecular flexibility index (Phi) is 3.82. The van der Waals surface area contributed by atoms with Crippen LogP contribution in [-0.2, 0) is 6.54 Å². The van der Waals surface area contributed by atoms with Gasteiger partial charge in [0.1, 0.15) is 5.75 Å². The molecule has 0 fully saturated rings. The zero-order valence-electron chi connectivity index (χ0n) is 10.9. The number of nitrogen functional groups attached to an aromatic ring is 1. The van der Waals surface area contributed by atoms with Gasteiger partial charge in [-0.15, -0.1) is 0 Å². The average molecular weight is 260 g/mol. The average Bonchev–Trinajstić information content (AvgIpc) is 2.90. The van der Waals surface area contributed by atoms with Crippen molar-refractivity contribution >= 4 is 5.91 Å². The topological polar surface area (TPSA) is 82.2 Å². The minimum atomic E-state index is -0.401. The predicted molar refractivity (Wildman–Crippen MR) is 71.5 cm³/mol. The van der Waals surface area contributed by atoms with E-state index >= 15 is 0 Å². The summed E-state index contributed by atoms with van der Waals surface area (Å²) in [6, 6.07) is 9.29. The summed E-state index contributed by atoms with van der Waals surface area (Å²) in [6.07, 6.45) is 0. The maximum absolute atomic E-state index is 11.5. The van der Waals surface area contributed by atoms with Crippen molar-refractivity contribution in [2.24, 2.45) is 5.84 Å². The van der Waals surface area contributed by atoms with Crippen LogP contribution < -0.4 is 16.0 Å². The number of aryl methyl sites for hydroxylation is 1. The van der Waals surface area contributed by atoms with Crippen molar-refractivity contribution in [1.82, 2.24) is 15.2 Å². The SMILES string of the molecule is CCn1nc(C(=O)NN)cc1-c1ccc(OC)cc1. The molecular weight excluding hydrogens is 244 g/mol. The standard InChI is InChI=1S/C13H16N4O2/c1-3-17-12(8-11(16-17)13(18)15-14)9-4-6-10(19-2)7-5-9/h4-8H,3,14H2,1-2H3,(H,15,18). The lowest BCUT2D eigenvalue weighted by Crippen LogP contribution is -2.30. The van der Waals surface area contributed by atoms with Crippen molar-refractivity contribution in [2.75, 3.05) is 7.11 Å². The molecule has 1 amide bonds. The molecule has 0 bridgehead atoms. The van der Waals surface area contributed by atoms with E-state index in [9.17, 15) is 4.79 Å². The lowest BCUT2D eigenvalue weighted by atomic mass is 10.1. The number of hydrogen-bond donors (Lipinski definition) is 2. The first-order chi connectivity index (χ1) is 9.19. The fourth-order valence-electron chi connectivity index (χ4n) is 1.84. The molecular formula is C13H16N4O2. The van der Waals surface area contributed by atoms with Gasteiger partial charge in [-0.3, -0.25) is 14.9 Å². The van der Waals surface area contributed by atoms with Gasteiger partial charge in [0.2, 0.25) is 0 Å². The van der Waals surface area contributed by atoms with Crippen LogP contribution in [0.2, 0.25) is 0 Å². The first kappa shape index (κ1) is 13.1. The molecule has 0 unspecified atom stereocenters. The Morgan fingerprint density at radius 1 is 1.42 bits per heavy atom. The summed E-state index contributed by atoms with van der Waals surface area (Å²) in [5.41, 5.74) is 4.21. The number of carbonyl (C=O) groups excluding carboxylic acids is 1. The van der Waals surface area contributed by atoms with Crippen LogP contribution >= 0.6 is 0 Å². The van der Waals surface area contributed by atoms with E-state index in [1.54, 1.807) is 17.9 Å². The molecule has 0 aliphatic heterocycles. The molecule has 6 heteroatoms. The quantitative estimate of drug-likeness (QED) is 0.491. The number of nitrogens with zero attached hydrogens (tertiary/aromatic N) is 2. The van der Waals surface area contributed by atoms with Gasteiger partial charge >= 0.3 is 0 Å². The normalized spacial score (nSPS) is 10.3. The molecule has 100 valence electrons. The molecule has 1 aromatic heterocycles. The Balaban J connectivity index is 2.42. The van der Waals surface area contributed by atoms with Crippen LogP contribution in [0.15, 0.2) is 30.3 Å². The maximum atomic E-state index is 11.5. The molecule has 0 saturated heterocycles. The highest BCUT2D eigenvalue weighted by Gasteiger charge is 2.13. The van der Waals surface area contributed by atoms with Gasteiger partial charge in [0.05, 0.1) is 12.8 Å². The summed E-state index contributed by atoms with van der Waals surface area (Å²) < 4.78 is 6.88. The van der Waals surface area contributed by atoms with Crippen molar-refractivity contribution in [3.8, 4) is 17.0 Å². The number of nitrogens with two attached hydrogens (primary N) is 1. The zero-order valence-corrected chi connectivity index (χ0v) is 10.9. The number of benzene rings is 1. The summed E-state index contributed by atoms with van der Waals surface area (Å²) in [5.74, 6) is 5.50. The first-order valence-corrected chi connectivity index (χ1v) is 5.92. The molecule has 1 heterocycles. The summed E-state index contributed by atoms with van der Waals surface area (Å²) in [6.45, 7) is 2.63. The number of ether oxygens (including phenoxy) is 1. The predicted octanol–water partition coefficient (Wildman–Crippen LogP) is 1.18. The van der Waals surface area contributed by atoms with Crippen LogP contribution in [0.4, 0.5) is 0 Å². The molecule has 0 radical (unpaired) electrons. The van der Waals surface area contributed by atoms with Gasteiger partial charge in [-0.2, -0.15) is 5.10 Å². The molecule has 0 atom stereocenters. The van der Waals surface area contributed by atoms with Crippen molar-refractivity contribution in [1.29, 1.82) is 0 Å². The van der Waals surface area contributed by atoms with Gasteiger partial charge in [-0.25, -0.2) is 5.84 Å². The monoisotopic (exact) mass is 260 g/mol. The highest BCUT2D eigenvalue weighted by atomic mass is 16.5. The number of amides is 1. The number of hydrazine groups is 1. The third-order valence-electron chi connectivity index (χ3n) is 2.83. The Bertz CT molecular complexity index is 575. The highest BCUT2D eigenvalue weighted by Crippen LogP contribution is 2.23. The van der Waals surface area contributed by atoms with Crippen molar-refractivity contribution in [3.05, 3.63) is 36.0 Å². The van der Waals surface area contributed by atoms with E-state index < -0.39 is 5.91 Å². The smallest absolute Gasteiger partial charge is 0.285 e. The van der Waals surface area contributed by atoms with Crippen molar-refractivity contribution in [3.63, 3.8) is 0 Å². The van der Waals surface area contributed by atoms with Gasteiger partial charge in [0.15, 0.2) is 5.69 Å². The Hall–Kier alpha value is -2.34. The fraction of sp³-hybridized carbons (Fsp3) is 0.231. The van der Waals surface area contributed by atoms with E-state index in [1.165, 1.54) is 0 Å². The zero-order chi connectivity index (χ0) is 13.8. The number of rotatable bonds is 4. The number of aromatic nitrogens is 2. The maximum Gasteiger partial charge on any atom is 0.285 e. The number of methoxy groups -OCH3 is 1. The summed E-state index contributed by atoms with van der Waals surface area (Å²) in [7, 11) is 1.62. The Morgan fingerprint density at radius 3 is 2.63 bits per heavy atom. The molecule has 0 aliphatic carbocycles. The van der Waals surface area contributed by atoms with E-state index in [1.807, 2.05) is 31.2 Å². The summed E-state index contributed by atoms with van der Waals surface area (Å²) in [5, 5.41) is 4.21. The van der Waals surface area contributed by atoms with Crippen molar-refractivity contribution < 1.29 is 9.53 Å². The minimum Gasteiger partial charge on any atom is -0.497 e. The second-order valence-electron chi connectivity index (χ2n) is 3.93. The number of carbonyl (C=O) groups is 1. The Morgan fingerprint density at radius 2 is 2.11 bits per heavy atom. The molecule has 1 aromatic carbocycles. The van der Waals surface area contributed by atoms with Crippen LogP contribution in [0.5, 0.6) is 5.75 Å². The van der Waals surface area contributed by atoms with Crippen molar-refractivity contribution in [2.45, 2.75) is 13.5 Å². The van der Waals surface area contributed by atoms with E-state index in [-0.39, 0.29) is 0 Å². The highest BCUT2D eigenvalue weighted by molar-refractivity contribution is 5.93. The molecule has 6 nitrogen and oxygen atoms in total. The summed E-state index contributed by atoms with van der Waals surface area (Å²) in [4.78, 5) is 11.5. The van der Waals surface area contributed by atoms with Gasteiger partial charge in [0, 0.05) is 12.1 Å². The van der Waals surface area contributed by atoms with Gasteiger partial charge in [0.25, 0.3) is 5.91 Å². The second kappa shape index (κ2) is 5.53. The van der Waals surface area contributed by atoms with E-state index in [0.717, 1.165) is 17.0 Å². The van der Waals surface area contributed by atoms with Crippen LogP contribution in [0.25, 0.3) is 11.3 Å². The lowest BCUT2D eigenvalue weighted by molar-refractivity contribution is 0.0948. The molecule has 3 N–H and O–H groups in total. The number of hydrogen-bond acceptors (Lipinski definition) is 4. The molecule has 0 aliphatic rings. The molecule has 0 spiro atoms. The fourth-order valence-corrected chi connectivity index (χ4v) is 1.84. The molecule has 2 aromatic rings. The summed E-state index contributed by atoms with van der Waals surface area (Å²) >= 11 is 0. The van der Waals surface area contributed by atoms with Gasteiger partial charge < -0.3 is 4.74 Å². The molecule has 2 rings (SSSR count). The number of nitrogens with one attached hydrogen (secondary N) is 1. The third kappa shape index (κ3) is 2.58. The van der Waals surface area contributed by atoms with E-state index in [0.29, 0.717) is 12.2 Å². The third-order valence-corrected chi connectivity index (χ3v) is 2.83. The molecule has 19 heavy (non-hydrogen) atoms.